The van der Waals surface area contributed by atoms with Crippen molar-refractivity contribution < 1.29 is 14.7 Å². The lowest BCUT2D eigenvalue weighted by molar-refractivity contribution is -0.137. The van der Waals surface area contributed by atoms with Crippen molar-refractivity contribution >= 4 is 11.9 Å². The summed E-state index contributed by atoms with van der Waals surface area (Å²) in [5.74, 6) is -0.913. The van der Waals surface area contributed by atoms with Crippen molar-refractivity contribution in [1.29, 1.82) is 0 Å². The third-order valence-electron chi connectivity index (χ3n) is 2.61. The predicted octanol–water partition coefficient (Wildman–Crippen LogP) is 1.97. The molecule has 0 spiro atoms. The summed E-state index contributed by atoms with van der Waals surface area (Å²) in [7, 11) is 3.40. The van der Waals surface area contributed by atoms with Crippen LogP contribution in [0.2, 0.25) is 0 Å². The molecule has 4 heteroatoms. The standard InChI is InChI=1S/C13H17NO3/c1-9(8-12(15)16)10-4-6-11(7-5-10)13(17)14(2)3/h4-7,9H,8H2,1-3H3,(H,15,16). The highest BCUT2D eigenvalue weighted by atomic mass is 16.4. The Morgan fingerprint density at radius 3 is 2.18 bits per heavy atom. The summed E-state index contributed by atoms with van der Waals surface area (Å²) in [6, 6.07) is 7.08. The molecule has 0 aliphatic rings. The van der Waals surface area contributed by atoms with Crippen molar-refractivity contribution in [2.75, 3.05) is 14.1 Å². The van der Waals surface area contributed by atoms with Crippen LogP contribution in [0.5, 0.6) is 0 Å². The van der Waals surface area contributed by atoms with Crippen molar-refractivity contribution in [1.82, 2.24) is 4.90 Å². The average Bonchev–Trinajstić information content (AvgIpc) is 2.27. The van der Waals surface area contributed by atoms with Crippen molar-refractivity contribution in [3.8, 4) is 0 Å². The Labute approximate surface area is 101 Å². The molecule has 0 fully saturated rings. The highest BCUT2D eigenvalue weighted by molar-refractivity contribution is 5.93. The SMILES string of the molecule is CC(CC(=O)O)c1ccc(C(=O)N(C)C)cc1. The molecule has 1 atom stereocenters. The van der Waals surface area contributed by atoms with Gasteiger partial charge in [-0.05, 0) is 23.6 Å². The lowest BCUT2D eigenvalue weighted by Crippen LogP contribution is -2.21. The van der Waals surface area contributed by atoms with E-state index < -0.39 is 5.97 Å². The normalized spacial score (nSPS) is 11.9. The summed E-state index contributed by atoms with van der Waals surface area (Å²) in [4.78, 5) is 23.7. The number of carboxylic acids is 1. The number of benzene rings is 1. The van der Waals surface area contributed by atoms with Crippen LogP contribution in [0.3, 0.4) is 0 Å². The van der Waals surface area contributed by atoms with E-state index in [0.717, 1.165) is 5.56 Å². The first kappa shape index (κ1) is 13.2. The zero-order chi connectivity index (χ0) is 13.0. The second-order valence-corrected chi connectivity index (χ2v) is 4.32. The van der Waals surface area contributed by atoms with Crippen molar-refractivity contribution in [3.05, 3.63) is 35.4 Å². The van der Waals surface area contributed by atoms with Gasteiger partial charge in [0.05, 0.1) is 6.42 Å². The van der Waals surface area contributed by atoms with Crippen molar-refractivity contribution in [2.45, 2.75) is 19.3 Å². The molecule has 0 bridgehead atoms. The largest absolute Gasteiger partial charge is 0.481 e. The fraction of sp³-hybridized carbons (Fsp3) is 0.385. The van der Waals surface area contributed by atoms with Crippen LogP contribution in [0, 0.1) is 0 Å². The fourth-order valence-corrected chi connectivity index (χ4v) is 1.59. The summed E-state index contributed by atoms with van der Waals surface area (Å²) in [5, 5.41) is 8.70. The maximum Gasteiger partial charge on any atom is 0.303 e. The van der Waals surface area contributed by atoms with Gasteiger partial charge >= 0.3 is 5.97 Å². The van der Waals surface area contributed by atoms with Crippen LogP contribution in [0.4, 0.5) is 0 Å². The number of carbonyl (C=O) groups excluding carboxylic acids is 1. The Balaban J connectivity index is 2.81. The molecule has 17 heavy (non-hydrogen) atoms. The van der Waals surface area contributed by atoms with E-state index in [0.29, 0.717) is 5.56 Å². The van der Waals surface area contributed by atoms with Crippen LogP contribution in [-0.2, 0) is 4.79 Å². The highest BCUT2D eigenvalue weighted by Crippen LogP contribution is 2.19. The second kappa shape index (κ2) is 5.48. The van der Waals surface area contributed by atoms with Gasteiger partial charge in [0.1, 0.15) is 0 Å². The van der Waals surface area contributed by atoms with Crippen LogP contribution in [0.25, 0.3) is 0 Å². The van der Waals surface area contributed by atoms with Gasteiger partial charge in [-0.3, -0.25) is 9.59 Å². The molecule has 1 unspecified atom stereocenters. The molecule has 1 N–H and O–H groups in total. The molecule has 1 rings (SSSR count). The minimum atomic E-state index is -0.814. The number of nitrogens with zero attached hydrogens (tertiary/aromatic N) is 1. The Morgan fingerprint density at radius 2 is 1.76 bits per heavy atom. The van der Waals surface area contributed by atoms with Gasteiger partial charge in [-0.2, -0.15) is 0 Å². The molecular weight excluding hydrogens is 218 g/mol. The average molecular weight is 235 g/mol. The quantitative estimate of drug-likeness (QED) is 0.868. The Bertz CT molecular complexity index is 409. The zero-order valence-corrected chi connectivity index (χ0v) is 10.3. The molecule has 0 heterocycles. The lowest BCUT2D eigenvalue weighted by atomic mass is 9.97. The molecule has 4 nitrogen and oxygen atoms in total. The van der Waals surface area contributed by atoms with Crippen molar-refractivity contribution in [2.24, 2.45) is 0 Å². The molecule has 0 aromatic heterocycles. The smallest absolute Gasteiger partial charge is 0.303 e. The first-order chi connectivity index (χ1) is 7.91. The predicted molar refractivity (Wildman–Crippen MR) is 65.1 cm³/mol. The number of carbonyl (C=O) groups is 2. The van der Waals surface area contributed by atoms with Crippen molar-refractivity contribution in [3.63, 3.8) is 0 Å². The summed E-state index contributed by atoms with van der Waals surface area (Å²) < 4.78 is 0. The van der Waals surface area contributed by atoms with E-state index in [-0.39, 0.29) is 18.2 Å². The van der Waals surface area contributed by atoms with Gasteiger partial charge < -0.3 is 10.0 Å². The molecular formula is C13H17NO3. The topological polar surface area (TPSA) is 57.6 Å². The minimum absolute atomic E-state index is 0.0454. The lowest BCUT2D eigenvalue weighted by Gasteiger charge is -2.12. The van der Waals surface area contributed by atoms with Gasteiger partial charge in [0, 0.05) is 19.7 Å². The van der Waals surface area contributed by atoms with Crippen LogP contribution >= 0.6 is 0 Å². The van der Waals surface area contributed by atoms with Gasteiger partial charge in [-0.25, -0.2) is 0 Å². The van der Waals surface area contributed by atoms with E-state index in [1.165, 1.54) is 4.90 Å². The van der Waals surface area contributed by atoms with Gasteiger partial charge in [0.25, 0.3) is 5.91 Å². The minimum Gasteiger partial charge on any atom is -0.481 e. The zero-order valence-electron chi connectivity index (χ0n) is 10.3. The third-order valence-corrected chi connectivity index (χ3v) is 2.61. The summed E-state index contributed by atoms with van der Waals surface area (Å²) in [6.45, 7) is 1.86. The Morgan fingerprint density at radius 1 is 1.24 bits per heavy atom. The maximum atomic E-state index is 11.6. The van der Waals surface area contributed by atoms with E-state index in [2.05, 4.69) is 0 Å². The molecule has 0 aliphatic carbocycles. The van der Waals surface area contributed by atoms with Crippen LogP contribution in [0.1, 0.15) is 35.2 Å². The number of hydrogen-bond donors (Lipinski definition) is 1. The molecule has 0 aliphatic heterocycles. The van der Waals surface area contributed by atoms with Gasteiger partial charge in [-0.1, -0.05) is 19.1 Å². The molecule has 0 saturated carbocycles. The summed E-state index contributed by atoms with van der Waals surface area (Å²) >= 11 is 0. The molecule has 0 radical (unpaired) electrons. The van der Waals surface area contributed by atoms with Crippen LogP contribution in [-0.4, -0.2) is 36.0 Å². The number of amides is 1. The van der Waals surface area contributed by atoms with E-state index in [1.54, 1.807) is 26.2 Å². The van der Waals surface area contributed by atoms with Crippen LogP contribution in [0.15, 0.2) is 24.3 Å². The number of aliphatic carboxylic acids is 1. The monoisotopic (exact) mass is 235 g/mol. The highest BCUT2D eigenvalue weighted by Gasteiger charge is 2.12. The van der Waals surface area contributed by atoms with E-state index in [1.807, 2.05) is 19.1 Å². The van der Waals surface area contributed by atoms with Gasteiger partial charge in [-0.15, -0.1) is 0 Å². The summed E-state index contributed by atoms with van der Waals surface area (Å²) in [5.41, 5.74) is 1.55. The molecule has 1 aromatic carbocycles. The van der Waals surface area contributed by atoms with Gasteiger partial charge in [0.2, 0.25) is 0 Å². The maximum absolute atomic E-state index is 11.6. The number of rotatable bonds is 4. The Kier molecular flexibility index (Phi) is 4.26. The first-order valence-corrected chi connectivity index (χ1v) is 5.45. The van der Waals surface area contributed by atoms with E-state index in [4.69, 9.17) is 5.11 Å². The van der Waals surface area contributed by atoms with Crippen LogP contribution < -0.4 is 0 Å². The summed E-state index contributed by atoms with van der Waals surface area (Å²) in [6.07, 6.45) is 0.0982. The molecule has 1 aromatic rings. The van der Waals surface area contributed by atoms with E-state index >= 15 is 0 Å². The molecule has 1 amide bonds. The third kappa shape index (κ3) is 3.59. The first-order valence-electron chi connectivity index (χ1n) is 5.45. The van der Waals surface area contributed by atoms with E-state index in [9.17, 15) is 9.59 Å². The molecule has 92 valence electrons. The second-order valence-electron chi connectivity index (χ2n) is 4.32. The molecule has 0 saturated heterocycles. The Hall–Kier alpha value is -1.84. The number of carboxylic acid groups (broad SMARTS) is 1. The van der Waals surface area contributed by atoms with Gasteiger partial charge in [0.15, 0.2) is 0 Å². The fourth-order valence-electron chi connectivity index (χ4n) is 1.59. The number of hydrogen-bond acceptors (Lipinski definition) is 2.